The molecule has 0 aliphatic rings. The Kier molecular flexibility index (Phi) is 5.22. The second-order valence-electron chi connectivity index (χ2n) is 3.06. The van der Waals surface area contributed by atoms with Gasteiger partial charge in [0.1, 0.15) is 5.78 Å². The molecule has 0 aromatic heterocycles. The number of rotatable bonds is 5. The summed E-state index contributed by atoms with van der Waals surface area (Å²) in [6.07, 6.45) is 1.15. The maximum atomic E-state index is 10.4. The zero-order valence-electron chi connectivity index (χ0n) is 7.11. The average molecular weight is 143 g/mol. The van der Waals surface area contributed by atoms with Crippen LogP contribution in [-0.2, 0) is 4.79 Å². The van der Waals surface area contributed by atoms with Crippen molar-refractivity contribution in [1.82, 2.24) is 5.32 Å². The fourth-order valence-corrected chi connectivity index (χ4v) is 0.655. The molecule has 0 amide bonds. The third-order valence-corrected chi connectivity index (χ3v) is 1.27. The van der Waals surface area contributed by atoms with Crippen LogP contribution < -0.4 is 5.32 Å². The number of hydrogen-bond acceptors (Lipinski definition) is 2. The number of nitrogens with one attached hydrogen (secondary N) is 1. The van der Waals surface area contributed by atoms with E-state index in [4.69, 9.17) is 0 Å². The number of ketones is 1. The molecular weight excluding hydrogens is 126 g/mol. The first-order chi connectivity index (χ1) is 4.63. The van der Waals surface area contributed by atoms with Gasteiger partial charge in [0, 0.05) is 0 Å². The molecule has 0 aliphatic carbocycles. The van der Waals surface area contributed by atoms with Crippen molar-refractivity contribution in [3.05, 3.63) is 0 Å². The molecule has 0 saturated heterocycles. The van der Waals surface area contributed by atoms with E-state index in [0.29, 0.717) is 6.54 Å². The minimum atomic E-state index is 0.212. The second kappa shape index (κ2) is 5.42. The summed E-state index contributed by atoms with van der Waals surface area (Å²) < 4.78 is 0. The van der Waals surface area contributed by atoms with Crippen LogP contribution in [-0.4, -0.2) is 18.9 Å². The lowest BCUT2D eigenvalue weighted by atomic mass is 10.1. The molecule has 1 N–H and O–H groups in total. The molecule has 0 rings (SSSR count). The molecule has 2 heteroatoms. The summed E-state index contributed by atoms with van der Waals surface area (Å²) in [5.41, 5.74) is 0. The predicted molar refractivity (Wildman–Crippen MR) is 43.0 cm³/mol. The normalized spacial score (nSPS) is 10.4. The van der Waals surface area contributed by atoms with E-state index in [0.717, 1.165) is 18.9 Å². The van der Waals surface area contributed by atoms with E-state index in [2.05, 4.69) is 19.2 Å². The topological polar surface area (TPSA) is 29.1 Å². The molecule has 0 saturated carbocycles. The lowest BCUT2D eigenvalue weighted by Gasteiger charge is -2.03. The highest BCUT2D eigenvalue weighted by Crippen LogP contribution is 1.95. The molecule has 0 aliphatic heterocycles. The van der Waals surface area contributed by atoms with Crippen molar-refractivity contribution >= 4 is 5.78 Å². The first kappa shape index (κ1) is 9.63. The molecule has 2 nitrogen and oxygen atoms in total. The molecule has 60 valence electrons. The third kappa shape index (κ3) is 7.63. The van der Waals surface area contributed by atoms with Crippen molar-refractivity contribution in [3.8, 4) is 0 Å². The van der Waals surface area contributed by atoms with Crippen LogP contribution in [0.5, 0.6) is 0 Å². The Bertz CT molecular complexity index is 99.4. The van der Waals surface area contributed by atoms with Gasteiger partial charge >= 0.3 is 0 Å². The minimum Gasteiger partial charge on any atom is -0.310 e. The van der Waals surface area contributed by atoms with Gasteiger partial charge in [-0.15, -0.1) is 0 Å². The van der Waals surface area contributed by atoms with Gasteiger partial charge in [-0.05, 0) is 25.8 Å². The van der Waals surface area contributed by atoms with Crippen molar-refractivity contribution in [3.63, 3.8) is 0 Å². The fraction of sp³-hybridized carbons (Fsp3) is 0.875. The third-order valence-electron chi connectivity index (χ3n) is 1.27. The first-order valence-electron chi connectivity index (χ1n) is 3.83. The van der Waals surface area contributed by atoms with Crippen LogP contribution in [0.1, 0.15) is 27.2 Å². The highest BCUT2D eigenvalue weighted by Gasteiger charge is 1.94. The van der Waals surface area contributed by atoms with Crippen LogP contribution in [0.2, 0.25) is 0 Å². The van der Waals surface area contributed by atoms with E-state index >= 15 is 0 Å². The van der Waals surface area contributed by atoms with Crippen molar-refractivity contribution < 1.29 is 4.79 Å². The summed E-state index contributed by atoms with van der Waals surface area (Å²) in [7, 11) is 0. The molecule has 0 atom stereocenters. The minimum absolute atomic E-state index is 0.212. The van der Waals surface area contributed by atoms with E-state index in [1.807, 2.05) is 0 Å². The van der Waals surface area contributed by atoms with Crippen LogP contribution in [0.4, 0.5) is 0 Å². The summed E-state index contributed by atoms with van der Waals surface area (Å²) in [6.45, 7) is 7.43. The Labute approximate surface area is 63.0 Å². The summed E-state index contributed by atoms with van der Waals surface area (Å²) in [6, 6.07) is 0. The second-order valence-corrected chi connectivity index (χ2v) is 3.06. The molecule has 0 spiro atoms. The molecule has 0 aromatic carbocycles. The van der Waals surface area contributed by atoms with Gasteiger partial charge < -0.3 is 5.32 Å². The quantitative estimate of drug-likeness (QED) is 0.586. The smallest absolute Gasteiger partial charge is 0.143 e. The van der Waals surface area contributed by atoms with E-state index in [9.17, 15) is 4.79 Å². The average Bonchev–Trinajstić information content (AvgIpc) is 1.79. The van der Waals surface area contributed by atoms with Crippen LogP contribution >= 0.6 is 0 Å². The van der Waals surface area contributed by atoms with E-state index < -0.39 is 0 Å². The Morgan fingerprint density at radius 3 is 2.50 bits per heavy atom. The number of Topliss-reactive ketones (excluding diaryl/α,β-unsaturated/α-hetero) is 1. The standard InChI is InChI=1S/C8H17NO/c1-7(2)4-5-9-6-8(3)10/h7,9H,4-6H2,1-3H3. The molecule has 0 aromatic rings. The van der Waals surface area contributed by atoms with E-state index in [1.165, 1.54) is 0 Å². The van der Waals surface area contributed by atoms with Gasteiger partial charge in [0.05, 0.1) is 6.54 Å². The van der Waals surface area contributed by atoms with Gasteiger partial charge in [0.2, 0.25) is 0 Å². The zero-order chi connectivity index (χ0) is 7.98. The van der Waals surface area contributed by atoms with Crippen molar-refractivity contribution in [2.75, 3.05) is 13.1 Å². The molecular formula is C8H17NO. The van der Waals surface area contributed by atoms with Gasteiger partial charge in [-0.1, -0.05) is 13.8 Å². The summed E-state index contributed by atoms with van der Waals surface area (Å²) in [5, 5.41) is 3.07. The first-order valence-corrected chi connectivity index (χ1v) is 3.83. The van der Waals surface area contributed by atoms with Crippen molar-refractivity contribution in [1.29, 1.82) is 0 Å². The molecule has 0 radical (unpaired) electrons. The Balaban J connectivity index is 2.98. The summed E-state index contributed by atoms with van der Waals surface area (Å²) in [4.78, 5) is 10.4. The Morgan fingerprint density at radius 1 is 1.50 bits per heavy atom. The zero-order valence-corrected chi connectivity index (χ0v) is 7.11. The van der Waals surface area contributed by atoms with Gasteiger partial charge in [-0.3, -0.25) is 4.79 Å². The van der Waals surface area contributed by atoms with Gasteiger partial charge in [-0.25, -0.2) is 0 Å². The lowest BCUT2D eigenvalue weighted by molar-refractivity contribution is -0.116. The van der Waals surface area contributed by atoms with Crippen LogP contribution in [0.3, 0.4) is 0 Å². The molecule has 0 bridgehead atoms. The molecule has 0 heterocycles. The van der Waals surface area contributed by atoms with Crippen LogP contribution in [0, 0.1) is 5.92 Å². The van der Waals surface area contributed by atoms with Crippen molar-refractivity contribution in [2.45, 2.75) is 27.2 Å². The lowest BCUT2D eigenvalue weighted by Crippen LogP contribution is -2.22. The maximum absolute atomic E-state index is 10.4. The SMILES string of the molecule is CC(=O)CNCCC(C)C. The molecule has 0 fully saturated rings. The highest BCUT2D eigenvalue weighted by atomic mass is 16.1. The molecule has 0 unspecified atom stereocenters. The van der Waals surface area contributed by atoms with E-state index in [-0.39, 0.29) is 5.78 Å². The fourth-order valence-electron chi connectivity index (χ4n) is 0.655. The van der Waals surface area contributed by atoms with Gasteiger partial charge in [-0.2, -0.15) is 0 Å². The van der Waals surface area contributed by atoms with Crippen molar-refractivity contribution in [2.24, 2.45) is 5.92 Å². The summed E-state index contributed by atoms with van der Waals surface area (Å²) in [5.74, 6) is 0.934. The summed E-state index contributed by atoms with van der Waals surface area (Å²) >= 11 is 0. The predicted octanol–water partition coefficient (Wildman–Crippen LogP) is 1.21. The molecule has 10 heavy (non-hydrogen) atoms. The Hall–Kier alpha value is -0.370. The number of hydrogen-bond donors (Lipinski definition) is 1. The van der Waals surface area contributed by atoms with Crippen LogP contribution in [0.15, 0.2) is 0 Å². The monoisotopic (exact) mass is 143 g/mol. The van der Waals surface area contributed by atoms with E-state index in [1.54, 1.807) is 6.92 Å². The van der Waals surface area contributed by atoms with Gasteiger partial charge in [0.15, 0.2) is 0 Å². The van der Waals surface area contributed by atoms with Crippen LogP contribution in [0.25, 0.3) is 0 Å². The highest BCUT2D eigenvalue weighted by molar-refractivity contribution is 5.77. The Morgan fingerprint density at radius 2 is 2.10 bits per heavy atom. The number of carbonyl (C=O) groups is 1. The maximum Gasteiger partial charge on any atom is 0.143 e. The number of carbonyl (C=O) groups excluding carboxylic acids is 1. The largest absolute Gasteiger partial charge is 0.310 e. The van der Waals surface area contributed by atoms with Gasteiger partial charge in [0.25, 0.3) is 0 Å².